The second-order valence-corrected chi connectivity index (χ2v) is 8.55. The van der Waals surface area contributed by atoms with Crippen LogP contribution in [0, 0.1) is 13.8 Å². The summed E-state index contributed by atoms with van der Waals surface area (Å²) in [6.07, 6.45) is 1.08. The quantitative estimate of drug-likeness (QED) is 0.714. The molecule has 2 aromatic carbocycles. The van der Waals surface area contributed by atoms with Crippen molar-refractivity contribution in [2.45, 2.75) is 39.2 Å². The van der Waals surface area contributed by atoms with Crippen molar-refractivity contribution in [1.29, 1.82) is 0 Å². The minimum absolute atomic E-state index is 0.194. The average molecular weight is 399 g/mol. The summed E-state index contributed by atoms with van der Waals surface area (Å²) < 4.78 is 11.6. The minimum Gasteiger partial charge on any atom is -0.493 e. The van der Waals surface area contributed by atoms with Crippen molar-refractivity contribution >= 4 is 5.97 Å². The lowest BCUT2D eigenvalue weighted by Gasteiger charge is -2.42. The van der Waals surface area contributed by atoms with E-state index in [1.165, 1.54) is 27.8 Å². The summed E-state index contributed by atoms with van der Waals surface area (Å²) in [7, 11) is 5.48. The van der Waals surface area contributed by atoms with E-state index in [1.54, 1.807) is 14.2 Å². The molecule has 0 radical (unpaired) electrons. The molecule has 0 aromatic heterocycles. The number of quaternary nitrogens is 1. The van der Waals surface area contributed by atoms with Gasteiger partial charge >= 0.3 is 5.97 Å². The Morgan fingerprint density at radius 3 is 2.45 bits per heavy atom. The zero-order valence-electron chi connectivity index (χ0n) is 18.1. The highest BCUT2D eigenvalue weighted by molar-refractivity contribution is 5.66. The second kappa shape index (κ2) is 8.46. The second-order valence-electron chi connectivity index (χ2n) is 8.55. The van der Waals surface area contributed by atoms with Gasteiger partial charge in [-0.2, -0.15) is 0 Å². The molecule has 156 valence electrons. The lowest BCUT2D eigenvalue weighted by atomic mass is 9.82. The normalized spacial score (nSPS) is 20.8. The molecular weight excluding hydrogens is 366 g/mol. The van der Waals surface area contributed by atoms with E-state index in [4.69, 9.17) is 9.47 Å². The molecule has 0 amide bonds. The van der Waals surface area contributed by atoms with Crippen LogP contribution in [0.5, 0.6) is 11.5 Å². The van der Waals surface area contributed by atoms with Crippen LogP contribution in [0.1, 0.15) is 40.2 Å². The van der Waals surface area contributed by atoms with Crippen molar-refractivity contribution in [3.63, 3.8) is 0 Å². The van der Waals surface area contributed by atoms with E-state index in [-0.39, 0.29) is 6.42 Å². The number of aliphatic carboxylic acids is 1. The molecule has 3 rings (SSSR count). The number of aryl methyl sites for hydroxylation is 2. The first kappa shape index (κ1) is 21.2. The third-order valence-electron chi connectivity index (χ3n) is 6.20. The topological polar surface area (TPSA) is 55.8 Å². The monoisotopic (exact) mass is 398 g/mol. The number of carbonyl (C=O) groups is 1. The highest BCUT2D eigenvalue weighted by Crippen LogP contribution is 2.37. The summed E-state index contributed by atoms with van der Waals surface area (Å²) in [5.41, 5.74) is 6.54. The van der Waals surface area contributed by atoms with Crippen molar-refractivity contribution < 1.29 is 23.9 Å². The Hall–Kier alpha value is -2.53. The van der Waals surface area contributed by atoms with E-state index in [0.717, 1.165) is 35.5 Å². The Balaban J connectivity index is 1.95. The van der Waals surface area contributed by atoms with E-state index >= 15 is 0 Å². The average Bonchev–Trinajstić information content (AvgIpc) is 2.68. The third-order valence-corrected chi connectivity index (χ3v) is 6.20. The van der Waals surface area contributed by atoms with Gasteiger partial charge in [-0.25, -0.2) is 0 Å². The van der Waals surface area contributed by atoms with Gasteiger partial charge in [0.1, 0.15) is 6.54 Å². The van der Waals surface area contributed by atoms with Crippen LogP contribution in [-0.4, -0.2) is 49.9 Å². The molecule has 5 heteroatoms. The fourth-order valence-corrected chi connectivity index (χ4v) is 4.52. The van der Waals surface area contributed by atoms with Crippen molar-refractivity contribution in [3.05, 3.63) is 58.1 Å². The molecule has 0 spiro atoms. The molecule has 1 aliphatic rings. The number of carboxylic acid groups (broad SMARTS) is 1. The summed E-state index contributed by atoms with van der Waals surface area (Å²) in [6, 6.07) is 10.7. The molecule has 0 unspecified atom stereocenters. The molecule has 1 heterocycles. The van der Waals surface area contributed by atoms with Crippen LogP contribution in [-0.2, 0) is 17.8 Å². The number of carboxylic acids is 1. The molecule has 0 saturated heterocycles. The molecule has 29 heavy (non-hydrogen) atoms. The van der Waals surface area contributed by atoms with Gasteiger partial charge in [0.05, 0.1) is 40.8 Å². The summed E-state index contributed by atoms with van der Waals surface area (Å²) in [6.45, 7) is 6.76. The van der Waals surface area contributed by atoms with E-state index in [1.807, 2.05) is 6.07 Å². The Kier molecular flexibility index (Phi) is 6.18. The lowest BCUT2D eigenvalue weighted by Crippen LogP contribution is -2.50. The first-order valence-corrected chi connectivity index (χ1v) is 10.1. The Morgan fingerprint density at radius 1 is 1.10 bits per heavy atom. The standard InChI is InChI=1S/C24H31NO4/c1-16-10-19-14-25(3,9-8-24(26)27)15-20(21(19)11-17(16)2)12-18-6-7-22(28-4)23(13-18)29-5/h6-7,10-11,13,20H,8-9,12,14-15H2,1-5H3/p+1/t20-,25+/m1/s1. The van der Waals surface area contributed by atoms with Gasteiger partial charge in [-0.05, 0) is 60.7 Å². The van der Waals surface area contributed by atoms with Gasteiger partial charge in [-0.1, -0.05) is 12.1 Å². The van der Waals surface area contributed by atoms with Crippen LogP contribution in [0.15, 0.2) is 30.3 Å². The number of hydrogen-bond acceptors (Lipinski definition) is 3. The van der Waals surface area contributed by atoms with Gasteiger partial charge < -0.3 is 19.1 Å². The van der Waals surface area contributed by atoms with Crippen LogP contribution in [0.25, 0.3) is 0 Å². The molecule has 2 aromatic rings. The van der Waals surface area contributed by atoms with E-state index in [2.05, 4.69) is 45.2 Å². The number of hydrogen-bond donors (Lipinski definition) is 1. The fraction of sp³-hybridized carbons (Fsp3) is 0.458. The number of methoxy groups -OCH3 is 2. The highest BCUT2D eigenvalue weighted by atomic mass is 16.5. The summed E-state index contributed by atoms with van der Waals surface area (Å²) >= 11 is 0. The summed E-state index contributed by atoms with van der Waals surface area (Å²) in [5, 5.41) is 9.21. The fourth-order valence-electron chi connectivity index (χ4n) is 4.52. The molecule has 0 saturated carbocycles. The highest BCUT2D eigenvalue weighted by Gasteiger charge is 2.35. The Labute approximate surface area is 173 Å². The number of likely N-dealkylation sites (N-methyl/N-ethyl adjacent to an activating group) is 1. The summed E-state index contributed by atoms with van der Waals surface area (Å²) in [4.78, 5) is 11.2. The molecule has 1 aliphatic heterocycles. The number of ether oxygens (including phenoxy) is 2. The predicted molar refractivity (Wildman–Crippen MR) is 114 cm³/mol. The van der Waals surface area contributed by atoms with Gasteiger partial charge in [0.2, 0.25) is 0 Å². The van der Waals surface area contributed by atoms with Gasteiger partial charge in [0.25, 0.3) is 0 Å². The first-order chi connectivity index (χ1) is 13.7. The van der Waals surface area contributed by atoms with Crippen LogP contribution in [0.2, 0.25) is 0 Å². The van der Waals surface area contributed by atoms with Crippen LogP contribution < -0.4 is 9.47 Å². The van der Waals surface area contributed by atoms with Crippen LogP contribution in [0.4, 0.5) is 0 Å². The third kappa shape index (κ3) is 4.73. The Bertz CT molecular complexity index is 908. The zero-order valence-corrected chi connectivity index (χ0v) is 18.1. The molecule has 2 atom stereocenters. The van der Waals surface area contributed by atoms with Gasteiger partial charge in [-0.3, -0.25) is 4.79 Å². The van der Waals surface area contributed by atoms with Crippen LogP contribution in [0.3, 0.4) is 0 Å². The maximum atomic E-state index is 11.2. The van der Waals surface area contributed by atoms with Crippen molar-refractivity contribution in [3.8, 4) is 11.5 Å². The lowest BCUT2D eigenvalue weighted by molar-refractivity contribution is -0.925. The molecular formula is C24H32NO4+. The molecule has 0 fully saturated rings. The SMILES string of the molecule is COc1ccc(C[C@@H]2C[N@@+](C)(CCC(=O)O)Cc3cc(C)c(C)cc32)cc1OC. The van der Waals surface area contributed by atoms with Gasteiger partial charge in [0, 0.05) is 11.5 Å². The molecule has 1 N–H and O–H groups in total. The maximum Gasteiger partial charge on any atom is 0.309 e. The zero-order chi connectivity index (χ0) is 21.2. The van der Waals surface area contributed by atoms with Gasteiger partial charge in [-0.15, -0.1) is 0 Å². The molecule has 0 bridgehead atoms. The number of benzene rings is 2. The predicted octanol–water partition coefficient (Wildman–Crippen LogP) is 4.08. The molecule has 5 nitrogen and oxygen atoms in total. The van der Waals surface area contributed by atoms with Gasteiger partial charge in [0.15, 0.2) is 11.5 Å². The van der Waals surface area contributed by atoms with Crippen molar-refractivity contribution in [2.75, 3.05) is 34.4 Å². The molecule has 0 aliphatic carbocycles. The number of rotatable bonds is 7. The van der Waals surface area contributed by atoms with E-state index < -0.39 is 5.97 Å². The van der Waals surface area contributed by atoms with E-state index in [0.29, 0.717) is 12.5 Å². The number of nitrogens with zero attached hydrogens (tertiary/aromatic N) is 1. The first-order valence-electron chi connectivity index (χ1n) is 10.1. The Morgan fingerprint density at radius 2 is 1.79 bits per heavy atom. The maximum absolute atomic E-state index is 11.2. The van der Waals surface area contributed by atoms with E-state index in [9.17, 15) is 9.90 Å². The number of fused-ring (bicyclic) bond motifs is 1. The van der Waals surface area contributed by atoms with Crippen molar-refractivity contribution in [2.24, 2.45) is 0 Å². The summed E-state index contributed by atoms with van der Waals surface area (Å²) in [5.74, 6) is 1.07. The van der Waals surface area contributed by atoms with Crippen LogP contribution >= 0.6 is 0 Å². The smallest absolute Gasteiger partial charge is 0.309 e. The largest absolute Gasteiger partial charge is 0.493 e. The van der Waals surface area contributed by atoms with Crippen molar-refractivity contribution in [1.82, 2.24) is 0 Å². The minimum atomic E-state index is -0.730.